The van der Waals surface area contributed by atoms with Crippen molar-refractivity contribution in [2.75, 3.05) is 0 Å². The van der Waals surface area contributed by atoms with Crippen molar-refractivity contribution in [2.45, 2.75) is 26.1 Å². The number of rotatable bonds is 0. The first-order chi connectivity index (χ1) is 14.6. The van der Waals surface area contributed by atoms with Gasteiger partial charge in [-0.15, -0.1) is 12.4 Å². The van der Waals surface area contributed by atoms with E-state index in [0.717, 1.165) is 56.7 Å². The summed E-state index contributed by atoms with van der Waals surface area (Å²) in [6.07, 6.45) is 0. The van der Waals surface area contributed by atoms with E-state index in [0.29, 0.717) is 11.1 Å². The van der Waals surface area contributed by atoms with Crippen LogP contribution in [0.3, 0.4) is 0 Å². The fraction of sp³-hybridized carbons (Fsp3) is 0.167. The third kappa shape index (κ3) is 2.16. The number of nitrogens with one attached hydrogen (secondary N) is 3. The predicted octanol–water partition coefficient (Wildman–Crippen LogP) is 4.23. The molecule has 0 spiro atoms. The van der Waals surface area contributed by atoms with Gasteiger partial charge in [-0.05, 0) is 18.6 Å². The van der Waals surface area contributed by atoms with Crippen molar-refractivity contribution in [2.24, 2.45) is 0 Å². The van der Waals surface area contributed by atoms with Crippen molar-refractivity contribution in [1.29, 1.82) is 0 Å². The largest absolute Gasteiger partial charge is 0.353 e. The highest BCUT2D eigenvalue weighted by molar-refractivity contribution is 6.39. The van der Waals surface area contributed by atoms with E-state index in [1.807, 2.05) is 30.3 Å². The lowest BCUT2D eigenvalue weighted by atomic mass is 9.96. The Labute approximate surface area is 183 Å². The second-order valence-corrected chi connectivity index (χ2v) is 8.38. The van der Waals surface area contributed by atoms with Crippen LogP contribution in [0.1, 0.15) is 33.2 Å². The van der Waals surface area contributed by atoms with Crippen LogP contribution in [0.25, 0.3) is 43.6 Å². The molecule has 6 nitrogen and oxygen atoms in total. The summed E-state index contributed by atoms with van der Waals surface area (Å²) in [6, 6.07) is 14.5. The topological polar surface area (TPSA) is 78.9 Å². The minimum absolute atomic E-state index is 0. The number of H-pyrrole nitrogens is 1. The molecule has 0 saturated carbocycles. The van der Waals surface area contributed by atoms with Gasteiger partial charge < -0.3 is 14.9 Å². The molecule has 3 N–H and O–H groups in total. The molecule has 7 rings (SSSR count). The highest BCUT2D eigenvalue weighted by atomic mass is 35.5. The average molecular weight is 431 g/mol. The van der Waals surface area contributed by atoms with Gasteiger partial charge in [0.2, 0.25) is 0 Å². The Morgan fingerprint density at radius 3 is 2.48 bits per heavy atom. The smallest absolute Gasteiger partial charge is 0.259 e. The number of hydrogen-bond donors (Lipinski definition) is 3. The van der Waals surface area contributed by atoms with Gasteiger partial charge in [0, 0.05) is 46.2 Å². The van der Waals surface area contributed by atoms with Gasteiger partial charge in [0.25, 0.3) is 11.8 Å². The van der Waals surface area contributed by atoms with E-state index >= 15 is 0 Å². The Kier molecular flexibility index (Phi) is 3.62. The number of imide groups is 1. The molecule has 5 aromatic rings. The zero-order valence-electron chi connectivity index (χ0n) is 16.7. The molecule has 2 amide bonds. The van der Waals surface area contributed by atoms with E-state index in [1.165, 1.54) is 5.56 Å². The Bertz CT molecular complexity index is 1610. The maximum Gasteiger partial charge on any atom is 0.259 e. The van der Waals surface area contributed by atoms with Crippen LogP contribution in [0.2, 0.25) is 0 Å². The van der Waals surface area contributed by atoms with Crippen LogP contribution < -0.4 is 10.6 Å². The Morgan fingerprint density at radius 1 is 0.903 bits per heavy atom. The number of nitrogens with zero attached hydrogens (tertiary/aromatic N) is 1. The van der Waals surface area contributed by atoms with Crippen molar-refractivity contribution in [3.63, 3.8) is 0 Å². The van der Waals surface area contributed by atoms with Gasteiger partial charge in [-0.25, -0.2) is 0 Å². The Morgan fingerprint density at radius 2 is 1.65 bits per heavy atom. The van der Waals surface area contributed by atoms with Gasteiger partial charge in [-0.2, -0.15) is 0 Å². The molecule has 3 aromatic carbocycles. The molecule has 0 radical (unpaired) electrons. The van der Waals surface area contributed by atoms with Gasteiger partial charge in [-0.3, -0.25) is 14.9 Å². The van der Waals surface area contributed by atoms with Crippen LogP contribution in [0, 0.1) is 0 Å². The van der Waals surface area contributed by atoms with E-state index in [4.69, 9.17) is 0 Å². The fourth-order valence-electron chi connectivity index (χ4n) is 5.46. The Balaban J connectivity index is 0.00000185. The molecule has 7 heteroatoms. The van der Waals surface area contributed by atoms with Gasteiger partial charge in [0.05, 0.1) is 27.7 Å². The monoisotopic (exact) mass is 430 g/mol. The predicted molar refractivity (Wildman–Crippen MR) is 124 cm³/mol. The van der Waals surface area contributed by atoms with E-state index in [2.05, 4.69) is 39.2 Å². The molecule has 4 heterocycles. The molecule has 1 atom stereocenters. The maximum atomic E-state index is 13.0. The molecular formula is C24H19ClN4O2. The third-order valence-electron chi connectivity index (χ3n) is 6.64. The number of fused-ring (bicyclic) bond motifs is 10. The minimum atomic E-state index is -0.314. The minimum Gasteiger partial charge on any atom is -0.353 e. The number of carbonyl (C=O) groups is 2. The second-order valence-electron chi connectivity index (χ2n) is 8.38. The number of para-hydroxylation sites is 2. The van der Waals surface area contributed by atoms with Crippen LogP contribution in [0.4, 0.5) is 0 Å². The summed E-state index contributed by atoms with van der Waals surface area (Å²) in [5.74, 6) is -0.620. The number of hydrogen-bond acceptors (Lipinski definition) is 3. The molecule has 1 unspecified atom stereocenters. The molecule has 0 saturated heterocycles. The van der Waals surface area contributed by atoms with Gasteiger partial charge in [-0.1, -0.05) is 36.4 Å². The summed E-state index contributed by atoms with van der Waals surface area (Å²) in [4.78, 5) is 29.5. The van der Waals surface area contributed by atoms with Crippen LogP contribution >= 0.6 is 12.4 Å². The molecule has 31 heavy (non-hydrogen) atoms. The fourth-order valence-corrected chi connectivity index (χ4v) is 5.46. The van der Waals surface area contributed by atoms with E-state index < -0.39 is 0 Å². The lowest BCUT2D eigenvalue weighted by Crippen LogP contribution is -2.27. The van der Waals surface area contributed by atoms with E-state index in [1.54, 1.807) is 0 Å². The van der Waals surface area contributed by atoms with E-state index in [-0.39, 0.29) is 30.3 Å². The van der Waals surface area contributed by atoms with Crippen molar-refractivity contribution >= 4 is 67.8 Å². The normalized spacial score (nSPS) is 17.9. The molecular weight excluding hydrogens is 412 g/mol. The van der Waals surface area contributed by atoms with Crippen molar-refractivity contribution < 1.29 is 9.59 Å². The summed E-state index contributed by atoms with van der Waals surface area (Å²) < 4.78 is 2.33. The Hall–Kier alpha value is -3.35. The van der Waals surface area contributed by atoms with Crippen LogP contribution in [-0.4, -0.2) is 27.4 Å². The van der Waals surface area contributed by atoms with Crippen molar-refractivity contribution in [3.05, 3.63) is 59.2 Å². The number of halogens is 1. The van der Waals surface area contributed by atoms with Crippen LogP contribution in [0.15, 0.2) is 42.5 Å². The van der Waals surface area contributed by atoms with Crippen LogP contribution in [-0.2, 0) is 13.1 Å². The second kappa shape index (κ2) is 6.09. The number of amides is 2. The number of benzene rings is 3. The summed E-state index contributed by atoms with van der Waals surface area (Å²) in [6.45, 7) is 3.74. The van der Waals surface area contributed by atoms with Crippen molar-refractivity contribution in [3.8, 4) is 0 Å². The molecule has 0 bridgehead atoms. The first-order valence-electron chi connectivity index (χ1n) is 10.2. The van der Waals surface area contributed by atoms with Gasteiger partial charge in [0.15, 0.2) is 0 Å². The molecule has 2 aliphatic heterocycles. The summed E-state index contributed by atoms with van der Waals surface area (Å²) in [7, 11) is 0. The molecule has 2 aromatic heterocycles. The SMILES string of the molecule is CC1Cn2c3c(cccc3c3c4c(c5c6ccccc6[nH]c5c32)C(=O)NC4=O)CN1.Cl. The summed E-state index contributed by atoms with van der Waals surface area (Å²) in [5.41, 5.74) is 6.24. The zero-order valence-corrected chi connectivity index (χ0v) is 17.5. The molecule has 2 aliphatic rings. The molecule has 0 aliphatic carbocycles. The maximum absolute atomic E-state index is 13.0. The van der Waals surface area contributed by atoms with E-state index in [9.17, 15) is 9.59 Å². The molecule has 154 valence electrons. The lowest BCUT2D eigenvalue weighted by Gasteiger charge is -2.13. The number of aromatic amines is 1. The van der Waals surface area contributed by atoms with Crippen molar-refractivity contribution in [1.82, 2.24) is 20.2 Å². The quantitative estimate of drug-likeness (QED) is 0.322. The number of aromatic nitrogens is 2. The van der Waals surface area contributed by atoms with Gasteiger partial charge >= 0.3 is 0 Å². The summed E-state index contributed by atoms with van der Waals surface area (Å²) in [5, 5.41) is 9.83. The molecule has 0 fully saturated rings. The first-order valence-corrected chi connectivity index (χ1v) is 10.2. The zero-order chi connectivity index (χ0) is 20.1. The standard InChI is InChI=1S/C24H18N4O2.ClH/c1-11-10-28-21-12(9-25-11)5-4-7-14(21)17-19-18(23(29)27-24(19)30)16-13-6-2-3-8-15(13)26-20(16)22(17)28;/h2-8,11,25-26H,9-10H2,1H3,(H,27,29,30);1H. The van der Waals surface area contributed by atoms with Crippen LogP contribution in [0.5, 0.6) is 0 Å². The highest BCUT2D eigenvalue weighted by Gasteiger charge is 2.36. The average Bonchev–Trinajstić information content (AvgIpc) is 3.32. The first kappa shape index (κ1) is 18.4. The lowest BCUT2D eigenvalue weighted by molar-refractivity contribution is 0.0880. The highest BCUT2D eigenvalue weighted by Crippen LogP contribution is 2.44. The summed E-state index contributed by atoms with van der Waals surface area (Å²) >= 11 is 0. The van der Waals surface area contributed by atoms with Gasteiger partial charge in [0.1, 0.15) is 0 Å². The number of carbonyl (C=O) groups excluding carboxylic acids is 2. The third-order valence-corrected chi connectivity index (χ3v) is 6.64.